The largest absolute Gasteiger partial charge is 0.479 e. The number of aliphatic carboxylic acids is 1. The number of ether oxygens (including phenoxy) is 1. The minimum absolute atomic E-state index is 0.0373. The number of rotatable bonds is 1. The van der Waals surface area contributed by atoms with Crippen LogP contribution in [0.3, 0.4) is 0 Å². The summed E-state index contributed by atoms with van der Waals surface area (Å²) < 4.78 is 5.07. The predicted octanol–water partition coefficient (Wildman–Crippen LogP) is -1.08. The number of urea groups is 1. The molecule has 2 fully saturated rings. The predicted molar refractivity (Wildman–Crippen MR) is 58.5 cm³/mol. The Labute approximate surface area is 99.1 Å². The third kappa shape index (κ3) is 2.67. The quantitative estimate of drug-likeness (QED) is 0.611. The number of carboxylic acid groups (broad SMARTS) is 1. The monoisotopic (exact) mass is 243 g/mol. The van der Waals surface area contributed by atoms with Gasteiger partial charge in [0.2, 0.25) is 0 Å². The van der Waals surface area contributed by atoms with Gasteiger partial charge in [-0.25, -0.2) is 9.59 Å². The van der Waals surface area contributed by atoms with E-state index in [-0.39, 0.29) is 25.2 Å². The van der Waals surface area contributed by atoms with Gasteiger partial charge in [-0.15, -0.1) is 0 Å². The number of amides is 2. The van der Waals surface area contributed by atoms with Crippen molar-refractivity contribution in [3.63, 3.8) is 0 Å². The van der Waals surface area contributed by atoms with E-state index in [1.54, 1.807) is 4.90 Å². The second kappa shape index (κ2) is 4.89. The topological polar surface area (TPSA) is 96.1 Å². The maximum atomic E-state index is 12.1. The van der Waals surface area contributed by atoms with E-state index >= 15 is 0 Å². The van der Waals surface area contributed by atoms with E-state index in [0.717, 1.165) is 6.42 Å². The van der Waals surface area contributed by atoms with Crippen molar-refractivity contribution in [2.75, 3.05) is 32.8 Å². The fourth-order valence-corrected chi connectivity index (χ4v) is 2.13. The smallest absolute Gasteiger partial charge is 0.334 e. The third-order valence-electron chi connectivity index (χ3n) is 3.11. The molecule has 2 unspecified atom stereocenters. The van der Waals surface area contributed by atoms with E-state index in [1.165, 1.54) is 4.90 Å². The van der Waals surface area contributed by atoms with Gasteiger partial charge in [0.1, 0.15) is 0 Å². The molecule has 0 radical (unpaired) electrons. The molecular weight excluding hydrogens is 226 g/mol. The molecule has 96 valence electrons. The lowest BCUT2D eigenvalue weighted by Crippen LogP contribution is -2.52. The van der Waals surface area contributed by atoms with Crippen LogP contribution in [0.2, 0.25) is 0 Å². The lowest BCUT2D eigenvalue weighted by Gasteiger charge is -2.33. The Bertz CT molecular complexity index is 323. The highest BCUT2D eigenvalue weighted by Gasteiger charge is 2.33. The highest BCUT2D eigenvalue weighted by Crippen LogP contribution is 2.13. The molecule has 2 saturated heterocycles. The van der Waals surface area contributed by atoms with E-state index in [4.69, 9.17) is 15.6 Å². The van der Waals surface area contributed by atoms with Gasteiger partial charge in [0.15, 0.2) is 6.10 Å². The lowest BCUT2D eigenvalue weighted by molar-refractivity contribution is -0.154. The Morgan fingerprint density at radius 1 is 1.24 bits per heavy atom. The zero-order valence-electron chi connectivity index (χ0n) is 9.54. The molecule has 0 aliphatic carbocycles. The van der Waals surface area contributed by atoms with Gasteiger partial charge in [-0.1, -0.05) is 0 Å². The fraction of sp³-hybridized carbons (Fsp3) is 0.800. The molecule has 2 heterocycles. The van der Waals surface area contributed by atoms with Crippen molar-refractivity contribution in [2.45, 2.75) is 18.6 Å². The Morgan fingerprint density at radius 2 is 1.94 bits per heavy atom. The van der Waals surface area contributed by atoms with Crippen molar-refractivity contribution in [1.82, 2.24) is 9.80 Å². The highest BCUT2D eigenvalue weighted by atomic mass is 16.5. The summed E-state index contributed by atoms with van der Waals surface area (Å²) in [5.41, 5.74) is 5.74. The summed E-state index contributed by atoms with van der Waals surface area (Å²) in [4.78, 5) is 26.1. The normalized spacial score (nSPS) is 29.5. The first-order valence-corrected chi connectivity index (χ1v) is 5.72. The Balaban J connectivity index is 1.93. The van der Waals surface area contributed by atoms with E-state index in [1.807, 2.05) is 0 Å². The van der Waals surface area contributed by atoms with Gasteiger partial charge in [0.05, 0.1) is 13.2 Å². The van der Waals surface area contributed by atoms with Crippen molar-refractivity contribution in [3.8, 4) is 0 Å². The number of nitrogens with zero attached hydrogens (tertiary/aromatic N) is 2. The summed E-state index contributed by atoms with van der Waals surface area (Å²) in [5.74, 6) is -1.03. The van der Waals surface area contributed by atoms with Crippen molar-refractivity contribution in [3.05, 3.63) is 0 Å². The zero-order chi connectivity index (χ0) is 12.4. The van der Waals surface area contributed by atoms with Crippen LogP contribution >= 0.6 is 0 Å². The van der Waals surface area contributed by atoms with E-state index in [0.29, 0.717) is 19.6 Å². The average Bonchev–Trinajstić information content (AvgIpc) is 2.75. The van der Waals surface area contributed by atoms with Crippen molar-refractivity contribution < 1.29 is 19.4 Å². The van der Waals surface area contributed by atoms with Gasteiger partial charge in [-0.2, -0.15) is 0 Å². The lowest BCUT2D eigenvalue weighted by atomic mass is 10.3. The summed E-state index contributed by atoms with van der Waals surface area (Å²) in [6, 6.07) is -0.0947. The SMILES string of the molecule is NC1CCN(C(=O)N2CCOC(C(=O)O)C2)C1. The Hall–Kier alpha value is -1.34. The van der Waals surface area contributed by atoms with Crippen LogP contribution in [-0.4, -0.2) is 71.8 Å². The summed E-state index contributed by atoms with van der Waals surface area (Å²) in [5, 5.41) is 8.85. The second-order valence-electron chi connectivity index (χ2n) is 4.42. The number of hydrogen-bond donors (Lipinski definition) is 2. The molecule has 17 heavy (non-hydrogen) atoms. The number of carbonyl (C=O) groups excluding carboxylic acids is 1. The standard InChI is InChI=1S/C10H17N3O4/c11-7-1-2-12(5-7)10(16)13-3-4-17-8(6-13)9(14)15/h7-8H,1-6,11H2,(H,14,15). The molecule has 2 atom stereocenters. The number of nitrogens with two attached hydrogens (primary N) is 1. The van der Waals surface area contributed by atoms with Gasteiger partial charge >= 0.3 is 12.0 Å². The summed E-state index contributed by atoms with van der Waals surface area (Å²) >= 11 is 0. The summed E-state index contributed by atoms with van der Waals surface area (Å²) in [6.45, 7) is 2.01. The van der Waals surface area contributed by atoms with Gasteiger partial charge in [-0.05, 0) is 6.42 Å². The van der Waals surface area contributed by atoms with Gasteiger partial charge in [-0.3, -0.25) is 0 Å². The van der Waals surface area contributed by atoms with Gasteiger partial charge in [0.25, 0.3) is 0 Å². The molecule has 0 spiro atoms. The van der Waals surface area contributed by atoms with Crippen LogP contribution in [0.25, 0.3) is 0 Å². The molecule has 7 heteroatoms. The van der Waals surface area contributed by atoms with Crippen LogP contribution in [-0.2, 0) is 9.53 Å². The first kappa shape index (κ1) is 12.1. The number of morpholine rings is 1. The first-order chi connectivity index (χ1) is 8.08. The molecule has 0 aromatic heterocycles. The minimum Gasteiger partial charge on any atom is -0.479 e. The Kier molecular flexibility index (Phi) is 3.49. The fourth-order valence-electron chi connectivity index (χ4n) is 2.13. The molecule has 2 aliphatic rings. The highest BCUT2D eigenvalue weighted by molar-refractivity contribution is 5.77. The van der Waals surface area contributed by atoms with Crippen LogP contribution in [0.15, 0.2) is 0 Å². The van der Waals surface area contributed by atoms with Gasteiger partial charge in [0, 0.05) is 25.7 Å². The molecule has 0 bridgehead atoms. The van der Waals surface area contributed by atoms with Crippen LogP contribution < -0.4 is 5.73 Å². The van der Waals surface area contributed by atoms with Crippen molar-refractivity contribution in [2.24, 2.45) is 5.73 Å². The number of carboxylic acids is 1. The third-order valence-corrected chi connectivity index (χ3v) is 3.11. The second-order valence-corrected chi connectivity index (χ2v) is 4.42. The van der Waals surface area contributed by atoms with E-state index < -0.39 is 12.1 Å². The van der Waals surface area contributed by atoms with Crippen molar-refractivity contribution in [1.29, 1.82) is 0 Å². The van der Waals surface area contributed by atoms with Crippen molar-refractivity contribution >= 4 is 12.0 Å². The number of carbonyl (C=O) groups is 2. The molecule has 0 aromatic rings. The molecule has 2 rings (SSSR count). The average molecular weight is 243 g/mol. The maximum absolute atomic E-state index is 12.1. The summed E-state index contributed by atoms with van der Waals surface area (Å²) in [6.07, 6.45) is -0.109. The van der Waals surface area contributed by atoms with Gasteiger partial charge < -0.3 is 25.4 Å². The molecule has 7 nitrogen and oxygen atoms in total. The zero-order valence-corrected chi connectivity index (χ0v) is 9.54. The minimum atomic E-state index is -1.03. The molecule has 2 aliphatic heterocycles. The molecule has 2 amide bonds. The van der Waals surface area contributed by atoms with E-state index in [9.17, 15) is 9.59 Å². The number of likely N-dealkylation sites (tertiary alicyclic amines) is 1. The van der Waals surface area contributed by atoms with Crippen LogP contribution in [0.5, 0.6) is 0 Å². The molecule has 0 saturated carbocycles. The first-order valence-electron chi connectivity index (χ1n) is 5.72. The summed E-state index contributed by atoms with van der Waals surface area (Å²) in [7, 11) is 0. The Morgan fingerprint density at radius 3 is 2.53 bits per heavy atom. The van der Waals surface area contributed by atoms with E-state index in [2.05, 4.69) is 0 Å². The van der Waals surface area contributed by atoms with Crippen LogP contribution in [0.1, 0.15) is 6.42 Å². The maximum Gasteiger partial charge on any atom is 0.334 e. The molecular formula is C10H17N3O4. The molecule has 0 aromatic carbocycles. The van der Waals surface area contributed by atoms with Crippen LogP contribution in [0.4, 0.5) is 4.79 Å². The molecule has 3 N–H and O–H groups in total. The van der Waals surface area contributed by atoms with Crippen LogP contribution in [0, 0.1) is 0 Å². The number of hydrogen-bond acceptors (Lipinski definition) is 4.